The highest BCUT2D eigenvalue weighted by Crippen LogP contribution is 2.34. The molecule has 0 bridgehead atoms. The average molecular weight is 301 g/mol. The Labute approximate surface area is 127 Å². The lowest BCUT2D eigenvalue weighted by atomic mass is 9.98. The predicted octanol–water partition coefficient (Wildman–Crippen LogP) is 4.36. The minimum Gasteiger partial charge on any atom is -0.494 e. The van der Waals surface area contributed by atoms with Gasteiger partial charge in [-0.05, 0) is 47.1 Å². The van der Waals surface area contributed by atoms with Crippen molar-refractivity contribution >= 4 is 21.4 Å². The summed E-state index contributed by atoms with van der Waals surface area (Å²) in [6.07, 6.45) is 0. The van der Waals surface area contributed by atoms with Crippen molar-refractivity contribution in [2.75, 3.05) is 14.2 Å². The van der Waals surface area contributed by atoms with Crippen molar-refractivity contribution in [3.63, 3.8) is 0 Å². The van der Waals surface area contributed by atoms with Gasteiger partial charge in [0.05, 0.1) is 13.2 Å². The molecule has 0 saturated heterocycles. The molecule has 1 atom stereocenters. The molecule has 4 heteroatoms. The molecule has 1 aromatic heterocycles. The van der Waals surface area contributed by atoms with E-state index in [0.717, 1.165) is 5.56 Å². The quantitative estimate of drug-likeness (QED) is 0.773. The van der Waals surface area contributed by atoms with Crippen molar-refractivity contribution in [1.82, 2.24) is 5.32 Å². The zero-order valence-corrected chi connectivity index (χ0v) is 12.7. The smallest absolute Gasteiger partial charge is 0.165 e. The van der Waals surface area contributed by atoms with Gasteiger partial charge in [-0.25, -0.2) is 4.39 Å². The summed E-state index contributed by atoms with van der Waals surface area (Å²) >= 11 is 1.72. The van der Waals surface area contributed by atoms with Crippen LogP contribution < -0.4 is 10.1 Å². The number of halogens is 1. The van der Waals surface area contributed by atoms with E-state index in [4.69, 9.17) is 4.74 Å². The molecule has 2 nitrogen and oxygen atoms in total. The van der Waals surface area contributed by atoms with Crippen LogP contribution in [-0.4, -0.2) is 14.2 Å². The predicted molar refractivity (Wildman–Crippen MR) is 85.7 cm³/mol. The molecule has 0 aliphatic rings. The Bertz CT molecular complexity index is 768. The third-order valence-corrected chi connectivity index (χ3v) is 4.60. The maximum absolute atomic E-state index is 13.6. The van der Waals surface area contributed by atoms with Crippen molar-refractivity contribution in [2.24, 2.45) is 0 Å². The maximum atomic E-state index is 13.6. The lowest BCUT2D eigenvalue weighted by Gasteiger charge is -2.17. The van der Waals surface area contributed by atoms with Crippen LogP contribution in [0.2, 0.25) is 0 Å². The number of benzene rings is 2. The Hall–Kier alpha value is -1.91. The van der Waals surface area contributed by atoms with Crippen LogP contribution >= 0.6 is 11.3 Å². The van der Waals surface area contributed by atoms with Crippen molar-refractivity contribution in [3.8, 4) is 5.75 Å². The first-order valence-corrected chi connectivity index (χ1v) is 7.59. The molecule has 108 valence electrons. The first-order chi connectivity index (χ1) is 10.2. The van der Waals surface area contributed by atoms with Crippen LogP contribution in [0, 0.1) is 5.82 Å². The first-order valence-electron chi connectivity index (χ1n) is 6.71. The zero-order valence-electron chi connectivity index (χ0n) is 11.9. The minimum atomic E-state index is -0.341. The van der Waals surface area contributed by atoms with E-state index < -0.39 is 0 Å². The molecule has 0 spiro atoms. The van der Waals surface area contributed by atoms with E-state index >= 15 is 0 Å². The number of thiophene rings is 1. The van der Waals surface area contributed by atoms with Gasteiger partial charge in [-0.3, -0.25) is 0 Å². The molecule has 0 aliphatic heterocycles. The van der Waals surface area contributed by atoms with Gasteiger partial charge in [-0.15, -0.1) is 11.3 Å². The highest BCUT2D eigenvalue weighted by molar-refractivity contribution is 7.17. The molecule has 1 heterocycles. The second-order valence-electron chi connectivity index (χ2n) is 4.80. The number of hydrogen-bond acceptors (Lipinski definition) is 3. The number of methoxy groups -OCH3 is 1. The van der Waals surface area contributed by atoms with E-state index in [0.29, 0.717) is 0 Å². The maximum Gasteiger partial charge on any atom is 0.165 e. The zero-order chi connectivity index (χ0) is 14.8. The molecule has 2 aromatic carbocycles. The van der Waals surface area contributed by atoms with Gasteiger partial charge < -0.3 is 10.1 Å². The molecule has 1 unspecified atom stereocenters. The van der Waals surface area contributed by atoms with E-state index in [1.807, 2.05) is 19.2 Å². The summed E-state index contributed by atoms with van der Waals surface area (Å²) in [4.78, 5) is 0. The average Bonchev–Trinajstić information content (AvgIpc) is 2.94. The largest absolute Gasteiger partial charge is 0.494 e. The van der Waals surface area contributed by atoms with Gasteiger partial charge in [-0.2, -0.15) is 0 Å². The first kappa shape index (κ1) is 14.0. The van der Waals surface area contributed by atoms with E-state index in [-0.39, 0.29) is 17.6 Å². The summed E-state index contributed by atoms with van der Waals surface area (Å²) in [5, 5.41) is 6.69. The Morgan fingerprint density at radius 1 is 1.19 bits per heavy atom. The van der Waals surface area contributed by atoms with E-state index in [1.54, 1.807) is 23.5 Å². The van der Waals surface area contributed by atoms with Crippen molar-refractivity contribution in [3.05, 3.63) is 64.8 Å². The SMILES string of the molecule is CNC(c1ccc(F)c(OC)c1)c1csc2ccccc12. The fourth-order valence-electron chi connectivity index (χ4n) is 2.58. The molecule has 0 radical (unpaired) electrons. The second-order valence-corrected chi connectivity index (χ2v) is 5.71. The highest BCUT2D eigenvalue weighted by atomic mass is 32.1. The van der Waals surface area contributed by atoms with Crippen LogP contribution in [0.5, 0.6) is 5.75 Å². The van der Waals surface area contributed by atoms with E-state index in [2.05, 4.69) is 22.8 Å². The van der Waals surface area contributed by atoms with Crippen LogP contribution in [0.25, 0.3) is 10.1 Å². The molecule has 0 amide bonds. The Kier molecular flexibility index (Phi) is 3.90. The van der Waals surface area contributed by atoms with E-state index in [1.165, 1.54) is 28.8 Å². The number of fused-ring (bicyclic) bond motifs is 1. The third-order valence-electron chi connectivity index (χ3n) is 3.62. The topological polar surface area (TPSA) is 21.3 Å². The summed E-state index contributed by atoms with van der Waals surface area (Å²) in [7, 11) is 3.39. The summed E-state index contributed by atoms with van der Waals surface area (Å²) < 4.78 is 19.9. The second kappa shape index (κ2) is 5.84. The lowest BCUT2D eigenvalue weighted by molar-refractivity contribution is 0.385. The standard InChI is InChI=1S/C17H16FNOS/c1-19-17(11-7-8-14(18)15(9-11)20-2)13-10-21-16-6-4-3-5-12(13)16/h3-10,17,19H,1-2H3. The van der Waals surface area contributed by atoms with Crippen molar-refractivity contribution in [1.29, 1.82) is 0 Å². The number of rotatable bonds is 4. The minimum absolute atomic E-state index is 0.00986. The fraction of sp³-hybridized carbons (Fsp3) is 0.176. The van der Waals surface area contributed by atoms with Gasteiger partial charge in [-0.1, -0.05) is 24.3 Å². The van der Waals surface area contributed by atoms with Crippen molar-refractivity contribution < 1.29 is 9.13 Å². The van der Waals surface area contributed by atoms with Crippen LogP contribution in [0.4, 0.5) is 4.39 Å². The molecule has 21 heavy (non-hydrogen) atoms. The van der Waals surface area contributed by atoms with Gasteiger partial charge >= 0.3 is 0 Å². The monoisotopic (exact) mass is 301 g/mol. The molecule has 0 saturated carbocycles. The van der Waals surface area contributed by atoms with Gasteiger partial charge in [0, 0.05) is 4.70 Å². The summed E-state index contributed by atoms with van der Waals surface area (Å²) in [5.41, 5.74) is 2.19. The van der Waals surface area contributed by atoms with Crippen LogP contribution in [-0.2, 0) is 0 Å². The summed E-state index contributed by atoms with van der Waals surface area (Å²) in [5.74, 6) is -0.0708. The molecule has 3 rings (SSSR count). The molecule has 0 aliphatic carbocycles. The van der Waals surface area contributed by atoms with Gasteiger partial charge in [0.2, 0.25) is 0 Å². The molecule has 0 fully saturated rings. The van der Waals surface area contributed by atoms with E-state index in [9.17, 15) is 4.39 Å². The molecular weight excluding hydrogens is 285 g/mol. The fourth-order valence-corrected chi connectivity index (χ4v) is 3.57. The van der Waals surface area contributed by atoms with Crippen molar-refractivity contribution in [2.45, 2.75) is 6.04 Å². The Morgan fingerprint density at radius 2 is 2.00 bits per heavy atom. The van der Waals surface area contributed by atoms with Gasteiger partial charge in [0.25, 0.3) is 0 Å². The summed E-state index contributed by atoms with van der Waals surface area (Å²) in [6, 6.07) is 13.3. The van der Waals surface area contributed by atoms with Crippen LogP contribution in [0.3, 0.4) is 0 Å². The van der Waals surface area contributed by atoms with Crippen LogP contribution in [0.15, 0.2) is 47.8 Å². The number of nitrogens with one attached hydrogen (secondary N) is 1. The highest BCUT2D eigenvalue weighted by Gasteiger charge is 2.17. The lowest BCUT2D eigenvalue weighted by Crippen LogP contribution is -2.17. The summed E-state index contributed by atoms with van der Waals surface area (Å²) in [6.45, 7) is 0. The number of ether oxygens (including phenoxy) is 1. The van der Waals surface area contributed by atoms with Gasteiger partial charge in [0.1, 0.15) is 0 Å². The Balaban J connectivity index is 2.10. The van der Waals surface area contributed by atoms with Gasteiger partial charge in [0.15, 0.2) is 11.6 Å². The molecule has 3 aromatic rings. The normalized spacial score (nSPS) is 12.5. The van der Waals surface area contributed by atoms with Crippen LogP contribution in [0.1, 0.15) is 17.2 Å². The third kappa shape index (κ3) is 2.52. The number of hydrogen-bond donors (Lipinski definition) is 1. The Morgan fingerprint density at radius 3 is 2.76 bits per heavy atom. The molecular formula is C17H16FNOS. The molecule has 1 N–H and O–H groups in total.